The van der Waals surface area contributed by atoms with Gasteiger partial charge in [0.1, 0.15) is 11.6 Å². The fraction of sp³-hybridized carbons (Fsp3) is 0.158. The van der Waals surface area contributed by atoms with Crippen LogP contribution in [0.3, 0.4) is 0 Å². The van der Waals surface area contributed by atoms with Crippen molar-refractivity contribution in [3.05, 3.63) is 60.7 Å². The van der Waals surface area contributed by atoms with Crippen molar-refractivity contribution in [2.24, 2.45) is 0 Å². The van der Waals surface area contributed by atoms with Gasteiger partial charge in [0.25, 0.3) is 0 Å². The van der Waals surface area contributed by atoms with E-state index in [4.69, 9.17) is 0 Å². The summed E-state index contributed by atoms with van der Waals surface area (Å²) in [7, 11) is 0. The molecule has 0 aliphatic rings. The van der Waals surface area contributed by atoms with E-state index in [1.54, 1.807) is 0 Å². The number of rotatable bonds is 6. The molecule has 2 aromatic heterocycles. The second kappa shape index (κ2) is 6.16. The molecular formula is C19H22N6. The van der Waals surface area contributed by atoms with Crippen molar-refractivity contribution in [2.75, 3.05) is 10.9 Å². The smallest absolute Gasteiger partial charge is 0.118 e. The van der Waals surface area contributed by atoms with E-state index in [2.05, 4.69) is 68.1 Å². The van der Waals surface area contributed by atoms with Crippen LogP contribution >= 0.6 is 0 Å². The molecule has 128 valence electrons. The first kappa shape index (κ1) is 15.6. The Morgan fingerprint density at radius 3 is 1.56 bits per heavy atom. The van der Waals surface area contributed by atoms with Crippen LogP contribution in [0.1, 0.15) is 13.8 Å². The highest BCUT2D eigenvalue weighted by molar-refractivity contribution is 5.84. The fourth-order valence-corrected chi connectivity index (χ4v) is 2.76. The van der Waals surface area contributed by atoms with Gasteiger partial charge in [-0.2, -0.15) is 0 Å². The van der Waals surface area contributed by atoms with Gasteiger partial charge in [0.2, 0.25) is 0 Å². The Morgan fingerprint density at radius 1 is 0.680 bits per heavy atom. The zero-order valence-electron chi connectivity index (χ0n) is 14.3. The van der Waals surface area contributed by atoms with E-state index in [-0.39, 0.29) is 0 Å². The van der Waals surface area contributed by atoms with Crippen LogP contribution in [0.4, 0.5) is 11.6 Å². The second-order valence-corrected chi connectivity index (χ2v) is 6.67. The zero-order chi connectivity index (χ0) is 17.3. The molecular weight excluding hydrogens is 312 g/mol. The molecule has 0 fully saturated rings. The Labute approximate surface area is 146 Å². The number of para-hydroxylation sites is 2. The van der Waals surface area contributed by atoms with Gasteiger partial charge in [0, 0.05) is 21.8 Å². The predicted octanol–water partition coefficient (Wildman–Crippen LogP) is 3.92. The quantitative estimate of drug-likeness (QED) is 0.239. The lowest BCUT2D eigenvalue weighted by atomic mass is 10.2. The number of H-pyrrole nitrogens is 2. The molecule has 0 aliphatic carbocycles. The first-order chi connectivity index (χ1) is 12.1. The molecule has 0 saturated carbocycles. The molecule has 2 heterocycles. The molecule has 0 atom stereocenters. The van der Waals surface area contributed by atoms with Gasteiger partial charge in [-0.1, -0.05) is 36.4 Å². The minimum atomic E-state index is -0.394. The SMILES string of the molecule is CC(C)(NNc1cc2ccccc2[nH]1)NNc1cc2ccccc2[nH]1. The van der Waals surface area contributed by atoms with Gasteiger partial charge in [-0.25, -0.2) is 10.9 Å². The average Bonchev–Trinajstić information content (AvgIpc) is 3.21. The number of anilines is 2. The Kier molecular flexibility index (Phi) is 3.83. The van der Waals surface area contributed by atoms with Crippen LogP contribution in [0, 0.1) is 0 Å². The predicted molar refractivity (Wildman–Crippen MR) is 104 cm³/mol. The van der Waals surface area contributed by atoms with Gasteiger partial charge < -0.3 is 20.8 Å². The third-order valence-corrected chi connectivity index (χ3v) is 4.08. The molecule has 0 aliphatic heterocycles. The molecule has 6 nitrogen and oxygen atoms in total. The number of hydrazine groups is 2. The summed E-state index contributed by atoms with van der Waals surface area (Å²) in [4.78, 5) is 6.66. The minimum Gasteiger partial charge on any atom is -0.341 e. The molecule has 0 spiro atoms. The number of fused-ring (bicyclic) bond motifs is 2. The lowest BCUT2D eigenvalue weighted by Gasteiger charge is -2.28. The maximum absolute atomic E-state index is 3.33. The van der Waals surface area contributed by atoms with Gasteiger partial charge in [-0.3, -0.25) is 0 Å². The molecule has 6 heteroatoms. The van der Waals surface area contributed by atoms with Crippen molar-refractivity contribution in [1.29, 1.82) is 0 Å². The summed E-state index contributed by atoms with van der Waals surface area (Å²) < 4.78 is 0. The lowest BCUT2D eigenvalue weighted by Crippen LogP contribution is -2.56. The van der Waals surface area contributed by atoms with Crippen LogP contribution < -0.4 is 21.7 Å². The Balaban J connectivity index is 1.37. The number of hydrogen-bond donors (Lipinski definition) is 6. The van der Waals surface area contributed by atoms with Crippen LogP contribution in [-0.2, 0) is 0 Å². The second-order valence-electron chi connectivity index (χ2n) is 6.67. The maximum atomic E-state index is 3.33. The minimum absolute atomic E-state index is 0.394. The largest absolute Gasteiger partial charge is 0.341 e. The van der Waals surface area contributed by atoms with E-state index in [0.29, 0.717) is 0 Å². The summed E-state index contributed by atoms with van der Waals surface area (Å²) in [6.45, 7) is 4.08. The molecule has 4 aromatic rings. The number of aromatic amines is 2. The summed E-state index contributed by atoms with van der Waals surface area (Å²) in [6.07, 6.45) is 0. The van der Waals surface area contributed by atoms with Crippen molar-refractivity contribution in [2.45, 2.75) is 19.5 Å². The first-order valence-corrected chi connectivity index (χ1v) is 8.31. The zero-order valence-corrected chi connectivity index (χ0v) is 14.3. The number of hydrogen-bond acceptors (Lipinski definition) is 4. The number of nitrogens with one attached hydrogen (secondary N) is 6. The standard InChI is InChI=1S/C19H22N6/c1-19(2,24-22-17-11-13-7-3-5-9-15(13)20-17)25-23-18-12-14-8-4-6-10-16(14)21-18/h3-12,20-25H,1-2H3. The van der Waals surface area contributed by atoms with Crippen LogP contribution in [-0.4, -0.2) is 15.6 Å². The Morgan fingerprint density at radius 2 is 1.12 bits per heavy atom. The van der Waals surface area contributed by atoms with Crippen molar-refractivity contribution in [1.82, 2.24) is 20.8 Å². The van der Waals surface area contributed by atoms with Gasteiger partial charge in [0.15, 0.2) is 0 Å². The van der Waals surface area contributed by atoms with E-state index in [1.165, 1.54) is 10.8 Å². The van der Waals surface area contributed by atoms with E-state index in [9.17, 15) is 0 Å². The van der Waals surface area contributed by atoms with Gasteiger partial charge in [0.05, 0.1) is 5.66 Å². The monoisotopic (exact) mass is 334 g/mol. The highest BCUT2D eigenvalue weighted by atomic mass is 15.5. The van der Waals surface area contributed by atoms with E-state index in [0.717, 1.165) is 22.7 Å². The summed E-state index contributed by atoms with van der Waals surface area (Å²) in [5.74, 6) is 1.84. The first-order valence-electron chi connectivity index (χ1n) is 8.31. The maximum Gasteiger partial charge on any atom is 0.118 e. The normalized spacial score (nSPS) is 11.9. The molecule has 0 radical (unpaired) electrons. The van der Waals surface area contributed by atoms with Crippen LogP contribution in [0.2, 0.25) is 0 Å². The number of benzene rings is 2. The molecule has 6 N–H and O–H groups in total. The third kappa shape index (κ3) is 3.45. The number of aromatic nitrogens is 2. The highest BCUT2D eigenvalue weighted by Crippen LogP contribution is 2.19. The fourth-order valence-electron chi connectivity index (χ4n) is 2.76. The molecule has 0 bridgehead atoms. The van der Waals surface area contributed by atoms with Crippen molar-refractivity contribution < 1.29 is 0 Å². The van der Waals surface area contributed by atoms with E-state index in [1.807, 2.05) is 38.1 Å². The molecule has 25 heavy (non-hydrogen) atoms. The molecule has 2 aromatic carbocycles. The lowest BCUT2D eigenvalue weighted by molar-refractivity contribution is 0.358. The molecule has 0 amide bonds. The van der Waals surface area contributed by atoms with Crippen LogP contribution in [0.5, 0.6) is 0 Å². The molecule has 4 rings (SSSR count). The molecule has 0 unspecified atom stereocenters. The Bertz CT molecular complexity index is 851. The third-order valence-electron chi connectivity index (χ3n) is 4.08. The highest BCUT2D eigenvalue weighted by Gasteiger charge is 2.16. The van der Waals surface area contributed by atoms with Gasteiger partial charge in [-0.15, -0.1) is 0 Å². The van der Waals surface area contributed by atoms with Crippen molar-refractivity contribution in [3.63, 3.8) is 0 Å². The van der Waals surface area contributed by atoms with Crippen LogP contribution in [0.25, 0.3) is 21.8 Å². The van der Waals surface area contributed by atoms with Gasteiger partial charge >= 0.3 is 0 Å². The summed E-state index contributed by atoms with van der Waals surface area (Å²) in [6, 6.07) is 20.5. The van der Waals surface area contributed by atoms with Crippen molar-refractivity contribution >= 4 is 33.4 Å². The van der Waals surface area contributed by atoms with Gasteiger partial charge in [-0.05, 0) is 38.1 Å². The Hall–Kier alpha value is -2.96. The summed E-state index contributed by atoms with van der Waals surface area (Å²) >= 11 is 0. The molecule has 0 saturated heterocycles. The average molecular weight is 334 g/mol. The van der Waals surface area contributed by atoms with Crippen molar-refractivity contribution in [3.8, 4) is 0 Å². The van der Waals surface area contributed by atoms with Crippen LogP contribution in [0.15, 0.2) is 60.7 Å². The van der Waals surface area contributed by atoms with E-state index >= 15 is 0 Å². The summed E-state index contributed by atoms with van der Waals surface area (Å²) in [5.41, 5.74) is 14.8. The summed E-state index contributed by atoms with van der Waals surface area (Å²) in [5, 5.41) is 2.35. The topological polar surface area (TPSA) is 79.7 Å². The van der Waals surface area contributed by atoms with E-state index < -0.39 is 5.66 Å².